The van der Waals surface area contributed by atoms with Gasteiger partial charge >= 0.3 is 11.9 Å². The molecule has 1 aliphatic rings. The molecule has 1 rings (SSSR count). The average molecular weight is 806 g/mol. The lowest BCUT2D eigenvalue weighted by Gasteiger charge is -2.48. The predicted molar refractivity (Wildman–Crippen MR) is 244 cm³/mol. The van der Waals surface area contributed by atoms with Crippen molar-refractivity contribution < 1.29 is 24.2 Å². The molecule has 0 aromatic rings. The van der Waals surface area contributed by atoms with Gasteiger partial charge in [0.2, 0.25) is 0 Å². The molecule has 0 radical (unpaired) electrons. The number of aliphatic hydroxyl groups excluding tert-OH is 1. The Bertz CT molecular complexity index is 839. The summed E-state index contributed by atoms with van der Waals surface area (Å²) in [4.78, 5) is 29.2. The van der Waals surface area contributed by atoms with Crippen LogP contribution in [0.1, 0.15) is 265 Å². The van der Waals surface area contributed by atoms with Crippen LogP contribution in [0, 0.1) is 11.8 Å². The number of ether oxygens (including phenoxy) is 2. The SMILES string of the molecule is CCCCCCCCC(CCCCCC)C(=O)OCCCCCC1(CCCCCOC(=O)C(CCCCCC)CCCCCCCC)CCCCN1CCCCO. The van der Waals surface area contributed by atoms with Gasteiger partial charge in [-0.3, -0.25) is 14.5 Å². The van der Waals surface area contributed by atoms with Crippen LogP contribution in [0.3, 0.4) is 0 Å². The fraction of sp³-hybridized carbons (Fsp3) is 0.961. The molecule has 1 N–H and O–H groups in total. The van der Waals surface area contributed by atoms with Crippen LogP contribution in [0.4, 0.5) is 0 Å². The summed E-state index contributed by atoms with van der Waals surface area (Å²) in [6.07, 6.45) is 43.5. The van der Waals surface area contributed by atoms with Crippen molar-refractivity contribution in [3.05, 3.63) is 0 Å². The van der Waals surface area contributed by atoms with Gasteiger partial charge in [-0.25, -0.2) is 0 Å². The quantitative estimate of drug-likeness (QED) is 0.0489. The van der Waals surface area contributed by atoms with Crippen molar-refractivity contribution in [2.24, 2.45) is 11.8 Å². The number of nitrogens with zero attached hydrogens (tertiary/aromatic N) is 1. The second kappa shape index (κ2) is 39.0. The zero-order valence-corrected chi connectivity index (χ0v) is 38.9. The van der Waals surface area contributed by atoms with Gasteiger partial charge in [-0.2, -0.15) is 0 Å². The number of unbranched alkanes of at least 4 members (excludes halogenated alkanes) is 21. The lowest BCUT2D eigenvalue weighted by molar-refractivity contribution is -0.150. The van der Waals surface area contributed by atoms with E-state index in [1.54, 1.807) is 0 Å². The lowest BCUT2D eigenvalue weighted by atomic mass is 9.78. The second-order valence-electron chi connectivity index (χ2n) is 18.3. The Morgan fingerprint density at radius 2 is 0.877 bits per heavy atom. The van der Waals surface area contributed by atoms with E-state index in [2.05, 4.69) is 32.6 Å². The zero-order chi connectivity index (χ0) is 41.5. The molecule has 0 bridgehead atoms. The number of piperidine rings is 1. The Balaban J connectivity index is 2.61. The summed E-state index contributed by atoms with van der Waals surface area (Å²) in [5, 5.41) is 9.52. The molecule has 338 valence electrons. The topological polar surface area (TPSA) is 76.1 Å². The highest BCUT2D eigenvalue weighted by Crippen LogP contribution is 2.38. The smallest absolute Gasteiger partial charge is 0.308 e. The largest absolute Gasteiger partial charge is 0.465 e. The highest BCUT2D eigenvalue weighted by atomic mass is 16.5. The molecule has 2 atom stereocenters. The molecule has 0 aromatic carbocycles. The van der Waals surface area contributed by atoms with Crippen molar-refractivity contribution in [3.8, 4) is 0 Å². The van der Waals surface area contributed by atoms with E-state index in [1.807, 2.05) is 0 Å². The monoisotopic (exact) mass is 806 g/mol. The van der Waals surface area contributed by atoms with Gasteiger partial charge in [-0.15, -0.1) is 0 Å². The Kier molecular flexibility index (Phi) is 36.9. The third-order valence-electron chi connectivity index (χ3n) is 13.2. The first kappa shape index (κ1) is 53.9. The van der Waals surface area contributed by atoms with E-state index >= 15 is 0 Å². The van der Waals surface area contributed by atoms with Crippen LogP contribution in [-0.4, -0.2) is 60.4 Å². The first-order valence-corrected chi connectivity index (χ1v) is 25.7. The maximum Gasteiger partial charge on any atom is 0.308 e. The van der Waals surface area contributed by atoms with Crippen LogP contribution in [0.5, 0.6) is 0 Å². The number of hydrogen-bond donors (Lipinski definition) is 1. The van der Waals surface area contributed by atoms with E-state index in [9.17, 15) is 14.7 Å². The van der Waals surface area contributed by atoms with Crippen LogP contribution in [0.25, 0.3) is 0 Å². The fourth-order valence-electron chi connectivity index (χ4n) is 9.39. The number of carbonyl (C=O) groups is 2. The molecular weight excluding hydrogens is 707 g/mol. The van der Waals surface area contributed by atoms with E-state index in [0.29, 0.717) is 13.2 Å². The molecule has 57 heavy (non-hydrogen) atoms. The van der Waals surface area contributed by atoms with Crippen molar-refractivity contribution in [2.75, 3.05) is 32.9 Å². The third-order valence-corrected chi connectivity index (χ3v) is 13.2. The van der Waals surface area contributed by atoms with Crippen LogP contribution >= 0.6 is 0 Å². The van der Waals surface area contributed by atoms with Gasteiger partial charge < -0.3 is 14.6 Å². The Morgan fingerprint density at radius 1 is 0.491 bits per heavy atom. The summed E-state index contributed by atoms with van der Waals surface area (Å²) in [6.45, 7) is 12.7. The molecule has 0 spiro atoms. The normalized spacial score (nSPS) is 17.1. The average Bonchev–Trinajstić information content (AvgIpc) is 3.22. The van der Waals surface area contributed by atoms with E-state index in [-0.39, 0.29) is 35.9 Å². The van der Waals surface area contributed by atoms with Gasteiger partial charge in [0.1, 0.15) is 0 Å². The van der Waals surface area contributed by atoms with Crippen molar-refractivity contribution in [1.82, 2.24) is 4.90 Å². The highest BCUT2D eigenvalue weighted by Gasteiger charge is 2.37. The molecule has 6 nitrogen and oxygen atoms in total. The molecular formula is C51H99NO5. The summed E-state index contributed by atoms with van der Waals surface area (Å²) in [6, 6.07) is 0. The molecule has 0 amide bonds. The molecule has 6 heteroatoms. The minimum absolute atomic E-state index is 0.0600. The highest BCUT2D eigenvalue weighted by molar-refractivity contribution is 5.72. The van der Waals surface area contributed by atoms with Gasteiger partial charge in [-0.1, -0.05) is 175 Å². The van der Waals surface area contributed by atoms with Crippen LogP contribution in [0.2, 0.25) is 0 Å². The van der Waals surface area contributed by atoms with Crippen molar-refractivity contribution in [2.45, 2.75) is 271 Å². The third kappa shape index (κ3) is 28.1. The maximum atomic E-state index is 13.2. The summed E-state index contributed by atoms with van der Waals surface area (Å²) in [5.74, 6) is 0.280. The summed E-state index contributed by atoms with van der Waals surface area (Å²) >= 11 is 0. The second-order valence-corrected chi connectivity index (χ2v) is 18.3. The van der Waals surface area contributed by atoms with Gasteiger partial charge in [-0.05, 0) is 103 Å². The Hall–Kier alpha value is -1.14. The van der Waals surface area contributed by atoms with Gasteiger partial charge in [0.05, 0.1) is 25.0 Å². The number of aliphatic hydroxyl groups is 1. The van der Waals surface area contributed by atoms with Gasteiger partial charge in [0.15, 0.2) is 0 Å². The Labute approximate surface area is 355 Å². The number of esters is 2. The van der Waals surface area contributed by atoms with Gasteiger partial charge in [0.25, 0.3) is 0 Å². The fourth-order valence-corrected chi connectivity index (χ4v) is 9.39. The molecule has 0 saturated carbocycles. The molecule has 1 fully saturated rings. The molecule has 0 aliphatic carbocycles. The zero-order valence-electron chi connectivity index (χ0n) is 38.9. The number of rotatable bonds is 42. The van der Waals surface area contributed by atoms with Crippen LogP contribution in [-0.2, 0) is 19.1 Å². The number of carbonyl (C=O) groups excluding carboxylic acids is 2. The van der Waals surface area contributed by atoms with Crippen molar-refractivity contribution in [1.29, 1.82) is 0 Å². The summed E-state index contributed by atoms with van der Waals surface area (Å²) < 4.78 is 11.9. The standard InChI is InChI=1S/C51H99NO5/c1-5-9-13-17-19-25-37-47(35-23-15-11-7-3)49(54)56-45-33-21-27-39-51(41-29-30-42-52(51)43-31-32-44-53)40-28-22-34-46-57-50(55)48(36-24-16-12-8-4)38-26-20-18-14-10-6-2/h47-48,53H,5-46H2,1-4H3. The van der Waals surface area contributed by atoms with Crippen LogP contribution < -0.4 is 0 Å². The van der Waals surface area contributed by atoms with E-state index < -0.39 is 0 Å². The number of hydrogen-bond acceptors (Lipinski definition) is 6. The summed E-state index contributed by atoms with van der Waals surface area (Å²) in [5.41, 5.74) is 0.225. The van der Waals surface area contributed by atoms with Gasteiger partial charge in [0, 0.05) is 12.1 Å². The molecule has 2 unspecified atom stereocenters. The minimum atomic E-state index is 0.0600. The predicted octanol–water partition coefficient (Wildman–Crippen LogP) is 14.9. The molecule has 1 saturated heterocycles. The first-order chi connectivity index (χ1) is 28.0. The van der Waals surface area contributed by atoms with Crippen LogP contribution in [0.15, 0.2) is 0 Å². The van der Waals surface area contributed by atoms with Crippen molar-refractivity contribution >= 4 is 11.9 Å². The molecule has 0 aromatic heterocycles. The minimum Gasteiger partial charge on any atom is -0.465 e. The lowest BCUT2D eigenvalue weighted by Crippen LogP contribution is -2.52. The van der Waals surface area contributed by atoms with E-state index in [4.69, 9.17) is 9.47 Å². The Morgan fingerprint density at radius 3 is 1.30 bits per heavy atom. The van der Waals surface area contributed by atoms with Crippen molar-refractivity contribution in [3.63, 3.8) is 0 Å². The molecule has 1 heterocycles. The van der Waals surface area contributed by atoms with E-state index in [1.165, 1.54) is 148 Å². The van der Waals surface area contributed by atoms with E-state index in [0.717, 1.165) is 103 Å². The molecule has 1 aliphatic heterocycles. The maximum absolute atomic E-state index is 13.2. The number of likely N-dealkylation sites (tertiary alicyclic amines) is 1. The summed E-state index contributed by atoms with van der Waals surface area (Å²) in [7, 11) is 0. The first-order valence-electron chi connectivity index (χ1n) is 25.7.